The first-order chi connectivity index (χ1) is 9.28. The number of carbonyl (C=O) groups is 1. The molecule has 1 fully saturated rings. The van der Waals surface area contributed by atoms with E-state index in [4.69, 9.17) is 9.47 Å². The molecule has 0 aromatic heterocycles. The lowest BCUT2D eigenvalue weighted by Gasteiger charge is -2.24. The Morgan fingerprint density at radius 2 is 2.26 bits per heavy atom. The number of benzene rings is 1. The third-order valence-electron chi connectivity index (χ3n) is 3.77. The zero-order chi connectivity index (χ0) is 13.2. The van der Waals surface area contributed by atoms with Crippen molar-refractivity contribution in [3.63, 3.8) is 0 Å². The molecule has 0 aliphatic carbocycles. The molecule has 2 aliphatic rings. The van der Waals surface area contributed by atoms with E-state index >= 15 is 0 Å². The van der Waals surface area contributed by atoms with Crippen molar-refractivity contribution in [2.45, 2.75) is 18.9 Å². The standard InChI is InChI=1S/C14H18N2O3/c1-15-14(17)8-16-6-2-3-11(16)10-4-5-12-13(7-10)19-9-18-12/h4-5,7,11H,2-3,6,8-9H2,1H3,(H,15,17). The normalized spacial score (nSPS) is 21.6. The predicted octanol–water partition coefficient (Wildman–Crippen LogP) is 1.30. The molecule has 1 atom stereocenters. The van der Waals surface area contributed by atoms with Gasteiger partial charge >= 0.3 is 0 Å². The lowest BCUT2D eigenvalue weighted by Crippen LogP contribution is -2.35. The van der Waals surface area contributed by atoms with Crippen LogP contribution in [0, 0.1) is 0 Å². The number of likely N-dealkylation sites (tertiary alicyclic amines) is 1. The van der Waals surface area contributed by atoms with E-state index in [1.165, 1.54) is 5.56 Å². The van der Waals surface area contributed by atoms with E-state index in [0.29, 0.717) is 19.4 Å². The molecule has 5 nitrogen and oxygen atoms in total. The highest BCUT2D eigenvalue weighted by Gasteiger charge is 2.28. The highest BCUT2D eigenvalue weighted by Crippen LogP contribution is 2.38. The molecular formula is C14H18N2O3. The zero-order valence-electron chi connectivity index (χ0n) is 11.0. The number of fused-ring (bicyclic) bond motifs is 1. The van der Waals surface area contributed by atoms with Gasteiger partial charge in [0.05, 0.1) is 6.54 Å². The second-order valence-corrected chi connectivity index (χ2v) is 4.91. The maximum atomic E-state index is 11.5. The van der Waals surface area contributed by atoms with Gasteiger partial charge in [0, 0.05) is 13.1 Å². The topological polar surface area (TPSA) is 50.8 Å². The fourth-order valence-corrected chi connectivity index (χ4v) is 2.78. The van der Waals surface area contributed by atoms with Gasteiger partial charge in [0.25, 0.3) is 0 Å². The molecule has 19 heavy (non-hydrogen) atoms. The third-order valence-corrected chi connectivity index (χ3v) is 3.77. The quantitative estimate of drug-likeness (QED) is 0.892. The van der Waals surface area contributed by atoms with E-state index < -0.39 is 0 Å². The number of nitrogens with one attached hydrogen (secondary N) is 1. The van der Waals surface area contributed by atoms with Crippen LogP contribution in [0.15, 0.2) is 18.2 Å². The molecule has 102 valence electrons. The average molecular weight is 262 g/mol. The summed E-state index contributed by atoms with van der Waals surface area (Å²) in [6.45, 7) is 1.72. The minimum Gasteiger partial charge on any atom is -0.454 e. The van der Waals surface area contributed by atoms with Crippen LogP contribution in [0.5, 0.6) is 11.5 Å². The molecular weight excluding hydrogens is 244 g/mol. The van der Waals surface area contributed by atoms with Crippen molar-refractivity contribution in [1.29, 1.82) is 0 Å². The Labute approximate surface area is 112 Å². The largest absolute Gasteiger partial charge is 0.454 e. The van der Waals surface area contributed by atoms with Crippen LogP contribution in [0.4, 0.5) is 0 Å². The van der Waals surface area contributed by atoms with Crippen LogP contribution in [-0.2, 0) is 4.79 Å². The lowest BCUT2D eigenvalue weighted by molar-refractivity contribution is -0.122. The molecule has 0 saturated carbocycles. The van der Waals surface area contributed by atoms with Crippen LogP contribution in [0.1, 0.15) is 24.4 Å². The Morgan fingerprint density at radius 1 is 1.42 bits per heavy atom. The van der Waals surface area contributed by atoms with Crippen molar-refractivity contribution in [3.8, 4) is 11.5 Å². The summed E-state index contributed by atoms with van der Waals surface area (Å²) in [4.78, 5) is 13.8. The van der Waals surface area contributed by atoms with Crippen LogP contribution in [0.3, 0.4) is 0 Å². The van der Waals surface area contributed by atoms with Gasteiger partial charge in [-0.2, -0.15) is 0 Å². The molecule has 1 aromatic rings. The van der Waals surface area contributed by atoms with Gasteiger partial charge in [-0.1, -0.05) is 6.07 Å². The second-order valence-electron chi connectivity index (χ2n) is 4.91. The highest BCUT2D eigenvalue weighted by atomic mass is 16.7. The Kier molecular flexibility index (Phi) is 3.29. The Balaban J connectivity index is 1.78. The minimum absolute atomic E-state index is 0.0626. The summed E-state index contributed by atoms with van der Waals surface area (Å²) in [6, 6.07) is 6.36. The molecule has 3 rings (SSSR count). The summed E-state index contributed by atoms with van der Waals surface area (Å²) < 4.78 is 10.7. The van der Waals surface area contributed by atoms with E-state index in [9.17, 15) is 4.79 Å². The first-order valence-electron chi connectivity index (χ1n) is 6.62. The number of amides is 1. The van der Waals surface area contributed by atoms with Gasteiger partial charge in [0.15, 0.2) is 11.5 Å². The number of nitrogens with zero attached hydrogens (tertiary/aromatic N) is 1. The molecule has 5 heteroatoms. The van der Waals surface area contributed by atoms with Gasteiger partial charge < -0.3 is 14.8 Å². The fraction of sp³-hybridized carbons (Fsp3) is 0.500. The van der Waals surface area contributed by atoms with E-state index in [0.717, 1.165) is 30.9 Å². The second kappa shape index (κ2) is 5.09. The number of ether oxygens (including phenoxy) is 2. The monoisotopic (exact) mass is 262 g/mol. The van der Waals surface area contributed by atoms with Crippen LogP contribution in [0.2, 0.25) is 0 Å². The first kappa shape index (κ1) is 12.3. The maximum absolute atomic E-state index is 11.5. The SMILES string of the molecule is CNC(=O)CN1CCCC1c1ccc2c(c1)OCO2. The number of hydrogen-bond acceptors (Lipinski definition) is 4. The molecule has 2 aliphatic heterocycles. The fourth-order valence-electron chi connectivity index (χ4n) is 2.78. The molecule has 0 radical (unpaired) electrons. The van der Waals surface area contributed by atoms with Gasteiger partial charge in [-0.15, -0.1) is 0 Å². The van der Waals surface area contributed by atoms with Crippen molar-refractivity contribution < 1.29 is 14.3 Å². The van der Waals surface area contributed by atoms with Crippen molar-refractivity contribution in [3.05, 3.63) is 23.8 Å². The van der Waals surface area contributed by atoms with Crippen molar-refractivity contribution >= 4 is 5.91 Å². The number of rotatable bonds is 3. The summed E-state index contributed by atoms with van der Waals surface area (Å²) in [6.07, 6.45) is 2.20. The van der Waals surface area contributed by atoms with Gasteiger partial charge in [0.1, 0.15) is 0 Å². The molecule has 0 bridgehead atoms. The lowest BCUT2D eigenvalue weighted by atomic mass is 10.0. The van der Waals surface area contributed by atoms with Crippen molar-refractivity contribution in [1.82, 2.24) is 10.2 Å². The average Bonchev–Trinajstić information content (AvgIpc) is 3.05. The van der Waals surface area contributed by atoms with E-state index in [1.54, 1.807) is 7.05 Å². The summed E-state index contributed by atoms with van der Waals surface area (Å²) in [7, 11) is 1.67. The Morgan fingerprint density at radius 3 is 3.11 bits per heavy atom. The Hall–Kier alpha value is -1.75. The van der Waals surface area contributed by atoms with Crippen LogP contribution >= 0.6 is 0 Å². The Bertz CT molecular complexity index is 490. The first-order valence-corrected chi connectivity index (χ1v) is 6.62. The summed E-state index contributed by atoms with van der Waals surface area (Å²) >= 11 is 0. The predicted molar refractivity (Wildman–Crippen MR) is 70.2 cm³/mol. The van der Waals surface area contributed by atoms with Crippen LogP contribution in [-0.4, -0.2) is 37.7 Å². The van der Waals surface area contributed by atoms with Crippen molar-refractivity contribution in [2.75, 3.05) is 26.9 Å². The van der Waals surface area contributed by atoms with Crippen LogP contribution in [0.25, 0.3) is 0 Å². The van der Waals surface area contributed by atoms with Crippen molar-refractivity contribution in [2.24, 2.45) is 0 Å². The van der Waals surface area contributed by atoms with E-state index in [2.05, 4.69) is 16.3 Å². The molecule has 1 aromatic carbocycles. The zero-order valence-corrected chi connectivity index (χ0v) is 11.0. The molecule has 1 amide bonds. The molecule has 1 N–H and O–H groups in total. The van der Waals surface area contributed by atoms with Crippen LogP contribution < -0.4 is 14.8 Å². The van der Waals surface area contributed by atoms with Gasteiger partial charge in [-0.3, -0.25) is 9.69 Å². The number of hydrogen-bond donors (Lipinski definition) is 1. The molecule has 0 spiro atoms. The highest BCUT2D eigenvalue weighted by molar-refractivity contribution is 5.77. The smallest absolute Gasteiger partial charge is 0.233 e. The van der Waals surface area contributed by atoms with Gasteiger partial charge in [0.2, 0.25) is 12.7 Å². The molecule has 1 saturated heterocycles. The summed E-state index contributed by atoms with van der Waals surface area (Å²) in [5, 5.41) is 2.68. The molecule has 1 unspecified atom stereocenters. The third kappa shape index (κ3) is 2.38. The number of carbonyl (C=O) groups excluding carboxylic acids is 1. The number of likely N-dealkylation sites (N-methyl/N-ethyl adjacent to an activating group) is 1. The van der Waals surface area contributed by atoms with Gasteiger partial charge in [-0.05, 0) is 37.1 Å². The van der Waals surface area contributed by atoms with E-state index in [1.807, 2.05) is 12.1 Å². The van der Waals surface area contributed by atoms with E-state index in [-0.39, 0.29) is 5.91 Å². The summed E-state index contributed by atoms with van der Waals surface area (Å²) in [5.74, 6) is 1.68. The molecule has 2 heterocycles. The summed E-state index contributed by atoms with van der Waals surface area (Å²) in [5.41, 5.74) is 1.20. The minimum atomic E-state index is 0.0626. The maximum Gasteiger partial charge on any atom is 0.233 e. The van der Waals surface area contributed by atoms with Gasteiger partial charge in [-0.25, -0.2) is 0 Å².